The first-order valence-electron chi connectivity index (χ1n) is 10.8. The molecule has 0 aromatic heterocycles. The molecule has 1 amide bonds. The van der Waals surface area contributed by atoms with E-state index in [2.05, 4.69) is 16.3 Å². The Balaban J connectivity index is 1.77. The molecule has 2 aromatic carbocycles. The minimum atomic E-state index is -0.262. The highest BCUT2D eigenvalue weighted by molar-refractivity contribution is 5.94. The summed E-state index contributed by atoms with van der Waals surface area (Å²) in [6.07, 6.45) is 0. The van der Waals surface area contributed by atoms with Crippen molar-refractivity contribution >= 4 is 17.3 Å². The van der Waals surface area contributed by atoms with Crippen LogP contribution in [0.1, 0.15) is 25.0 Å². The van der Waals surface area contributed by atoms with Gasteiger partial charge in [-0.05, 0) is 51.0 Å². The van der Waals surface area contributed by atoms with Gasteiger partial charge in [-0.15, -0.1) is 0 Å². The van der Waals surface area contributed by atoms with Gasteiger partial charge in [0.05, 0.1) is 37.8 Å². The number of carbonyl (C=O) groups is 1. The average molecular weight is 429 g/mol. The van der Waals surface area contributed by atoms with E-state index in [1.807, 2.05) is 52.0 Å². The first-order valence-corrected chi connectivity index (χ1v) is 10.8. The maximum atomic E-state index is 12.6. The SMILES string of the molecule is CCOc1cc(N2CCOCC2)c(OCC)cc1NC(=O)COc1cc(C)cc(C)c1. The second-order valence-corrected chi connectivity index (χ2v) is 7.44. The molecule has 7 heteroatoms. The molecule has 0 atom stereocenters. The van der Waals surface area contributed by atoms with Gasteiger partial charge < -0.3 is 29.2 Å². The third kappa shape index (κ3) is 6.28. The number of hydrogen-bond acceptors (Lipinski definition) is 6. The molecular weight excluding hydrogens is 396 g/mol. The minimum absolute atomic E-state index is 0.0936. The lowest BCUT2D eigenvalue weighted by Crippen LogP contribution is -2.36. The third-order valence-corrected chi connectivity index (χ3v) is 4.85. The van der Waals surface area contributed by atoms with Crippen LogP contribution in [0.2, 0.25) is 0 Å². The lowest BCUT2D eigenvalue weighted by Gasteiger charge is -2.31. The molecule has 1 aliphatic heterocycles. The number of benzene rings is 2. The van der Waals surface area contributed by atoms with E-state index in [-0.39, 0.29) is 12.5 Å². The van der Waals surface area contributed by atoms with Crippen LogP contribution in [-0.4, -0.2) is 52.0 Å². The Labute approximate surface area is 184 Å². The molecule has 1 aliphatic rings. The number of ether oxygens (including phenoxy) is 4. The zero-order valence-electron chi connectivity index (χ0n) is 18.8. The zero-order valence-corrected chi connectivity index (χ0v) is 18.8. The van der Waals surface area contributed by atoms with E-state index in [9.17, 15) is 4.79 Å². The topological polar surface area (TPSA) is 69.3 Å². The summed E-state index contributed by atoms with van der Waals surface area (Å²) < 4.78 is 22.9. The van der Waals surface area contributed by atoms with Crippen molar-refractivity contribution in [1.82, 2.24) is 0 Å². The van der Waals surface area contributed by atoms with Crippen molar-refractivity contribution in [2.75, 3.05) is 56.3 Å². The maximum absolute atomic E-state index is 12.6. The Morgan fingerprint density at radius 1 is 0.935 bits per heavy atom. The van der Waals surface area contributed by atoms with Crippen molar-refractivity contribution in [3.05, 3.63) is 41.5 Å². The van der Waals surface area contributed by atoms with E-state index in [0.29, 0.717) is 49.4 Å². The van der Waals surface area contributed by atoms with Crippen molar-refractivity contribution < 1.29 is 23.7 Å². The molecular formula is C24H32N2O5. The van der Waals surface area contributed by atoms with Gasteiger partial charge in [0.1, 0.15) is 17.2 Å². The molecule has 1 saturated heterocycles. The van der Waals surface area contributed by atoms with E-state index < -0.39 is 0 Å². The molecule has 0 saturated carbocycles. The van der Waals surface area contributed by atoms with Gasteiger partial charge in [-0.2, -0.15) is 0 Å². The number of nitrogens with zero attached hydrogens (tertiary/aromatic N) is 1. The molecule has 1 heterocycles. The van der Waals surface area contributed by atoms with Gasteiger partial charge in [-0.25, -0.2) is 0 Å². The number of aryl methyl sites for hydroxylation is 2. The fraction of sp³-hybridized carbons (Fsp3) is 0.458. The van der Waals surface area contributed by atoms with Gasteiger partial charge in [0.2, 0.25) is 0 Å². The van der Waals surface area contributed by atoms with E-state index >= 15 is 0 Å². The smallest absolute Gasteiger partial charge is 0.262 e. The highest BCUT2D eigenvalue weighted by atomic mass is 16.5. The summed E-state index contributed by atoms with van der Waals surface area (Å²) in [5, 5.41) is 2.91. The molecule has 1 N–H and O–H groups in total. The summed E-state index contributed by atoms with van der Waals surface area (Å²) in [5.41, 5.74) is 3.69. The molecule has 2 aromatic rings. The minimum Gasteiger partial charge on any atom is -0.492 e. The summed E-state index contributed by atoms with van der Waals surface area (Å²) >= 11 is 0. The fourth-order valence-corrected chi connectivity index (χ4v) is 3.60. The van der Waals surface area contributed by atoms with Crippen LogP contribution < -0.4 is 24.4 Å². The van der Waals surface area contributed by atoms with E-state index in [0.717, 1.165) is 29.9 Å². The number of morpholine rings is 1. The number of amides is 1. The molecule has 168 valence electrons. The molecule has 0 unspecified atom stereocenters. The molecule has 1 fully saturated rings. The lowest BCUT2D eigenvalue weighted by atomic mass is 10.1. The second kappa shape index (κ2) is 10.9. The Bertz CT molecular complexity index is 874. The van der Waals surface area contributed by atoms with Crippen LogP contribution in [0, 0.1) is 13.8 Å². The van der Waals surface area contributed by atoms with E-state index in [1.54, 1.807) is 0 Å². The Hall–Kier alpha value is -2.93. The first-order chi connectivity index (χ1) is 15.0. The van der Waals surface area contributed by atoms with Crippen molar-refractivity contribution in [3.63, 3.8) is 0 Å². The predicted molar refractivity (Wildman–Crippen MR) is 122 cm³/mol. The highest BCUT2D eigenvalue weighted by Crippen LogP contribution is 2.39. The summed E-state index contributed by atoms with van der Waals surface area (Å²) in [6, 6.07) is 9.65. The second-order valence-electron chi connectivity index (χ2n) is 7.44. The van der Waals surface area contributed by atoms with E-state index in [1.165, 1.54) is 0 Å². The summed E-state index contributed by atoms with van der Waals surface area (Å²) in [4.78, 5) is 14.8. The summed E-state index contributed by atoms with van der Waals surface area (Å²) in [6.45, 7) is 11.7. The molecule has 0 bridgehead atoms. The number of nitrogens with one attached hydrogen (secondary N) is 1. The summed E-state index contributed by atoms with van der Waals surface area (Å²) in [5.74, 6) is 1.72. The third-order valence-electron chi connectivity index (χ3n) is 4.85. The van der Waals surface area contributed by atoms with Gasteiger partial charge in [-0.1, -0.05) is 6.07 Å². The van der Waals surface area contributed by atoms with Gasteiger partial charge in [0.15, 0.2) is 6.61 Å². The molecule has 0 radical (unpaired) electrons. The monoisotopic (exact) mass is 428 g/mol. The van der Waals surface area contributed by atoms with Crippen LogP contribution in [-0.2, 0) is 9.53 Å². The molecule has 3 rings (SSSR count). The number of rotatable bonds is 9. The Morgan fingerprint density at radius 2 is 1.58 bits per heavy atom. The van der Waals surface area contributed by atoms with Crippen LogP contribution in [0.5, 0.6) is 17.2 Å². The standard InChI is InChI=1S/C24H32N2O5/c1-5-29-22-15-21(26-7-9-28-10-8-26)23(30-6-2)14-20(22)25-24(27)16-31-19-12-17(3)11-18(4)13-19/h11-15H,5-10,16H2,1-4H3,(H,25,27). The largest absolute Gasteiger partial charge is 0.492 e. The number of anilines is 2. The van der Waals surface area contributed by atoms with Gasteiger partial charge in [0, 0.05) is 25.2 Å². The summed E-state index contributed by atoms with van der Waals surface area (Å²) in [7, 11) is 0. The van der Waals surface area contributed by atoms with Crippen LogP contribution >= 0.6 is 0 Å². The Morgan fingerprint density at radius 3 is 2.23 bits per heavy atom. The van der Waals surface area contributed by atoms with Crippen molar-refractivity contribution in [3.8, 4) is 17.2 Å². The van der Waals surface area contributed by atoms with Crippen molar-refractivity contribution in [2.45, 2.75) is 27.7 Å². The van der Waals surface area contributed by atoms with Crippen LogP contribution in [0.15, 0.2) is 30.3 Å². The van der Waals surface area contributed by atoms with Crippen LogP contribution in [0.25, 0.3) is 0 Å². The van der Waals surface area contributed by atoms with Crippen LogP contribution in [0.4, 0.5) is 11.4 Å². The number of hydrogen-bond donors (Lipinski definition) is 1. The molecule has 7 nitrogen and oxygen atoms in total. The van der Waals surface area contributed by atoms with Gasteiger partial charge >= 0.3 is 0 Å². The first kappa shape index (κ1) is 22.7. The number of carbonyl (C=O) groups excluding carboxylic acids is 1. The van der Waals surface area contributed by atoms with Gasteiger partial charge in [0.25, 0.3) is 5.91 Å². The zero-order chi connectivity index (χ0) is 22.2. The van der Waals surface area contributed by atoms with Crippen LogP contribution in [0.3, 0.4) is 0 Å². The molecule has 0 aliphatic carbocycles. The van der Waals surface area contributed by atoms with Gasteiger partial charge in [-0.3, -0.25) is 4.79 Å². The quantitative estimate of drug-likeness (QED) is 0.652. The molecule has 31 heavy (non-hydrogen) atoms. The predicted octanol–water partition coefficient (Wildman–Crippen LogP) is 3.95. The van der Waals surface area contributed by atoms with Crippen molar-refractivity contribution in [2.24, 2.45) is 0 Å². The normalized spacial score (nSPS) is 13.6. The average Bonchev–Trinajstić information content (AvgIpc) is 2.74. The Kier molecular flexibility index (Phi) is 8.00. The maximum Gasteiger partial charge on any atom is 0.262 e. The lowest BCUT2D eigenvalue weighted by molar-refractivity contribution is -0.118. The highest BCUT2D eigenvalue weighted by Gasteiger charge is 2.20. The van der Waals surface area contributed by atoms with Crippen molar-refractivity contribution in [1.29, 1.82) is 0 Å². The molecule has 0 spiro atoms. The van der Waals surface area contributed by atoms with E-state index in [4.69, 9.17) is 18.9 Å². The fourth-order valence-electron chi connectivity index (χ4n) is 3.60.